The molecule has 0 radical (unpaired) electrons. The Kier molecular flexibility index (Phi) is 4.93. The van der Waals surface area contributed by atoms with Crippen molar-refractivity contribution in [3.05, 3.63) is 52.8 Å². The Bertz CT molecular complexity index is 539. The van der Waals surface area contributed by atoms with Gasteiger partial charge >= 0.3 is 0 Å². The van der Waals surface area contributed by atoms with Gasteiger partial charge in [-0.2, -0.15) is 0 Å². The average molecular weight is 282 g/mol. The Morgan fingerprint density at radius 2 is 2.26 bits per heavy atom. The van der Waals surface area contributed by atoms with Crippen molar-refractivity contribution in [2.45, 2.75) is 26.4 Å². The zero-order valence-corrected chi connectivity index (χ0v) is 11.6. The molecule has 0 unspecified atom stereocenters. The fraction of sp³-hybridized carbons (Fsp3) is 0.357. The standard InChI is InChI=1S/C14H17ClFN3/c1-2-5-17-7-13-9-19(10-18-13)8-11-6-12(15)3-4-14(11)16/h3-4,6,9-10,17H,2,5,7-8H2,1H3. The molecule has 5 heteroatoms. The van der Waals surface area contributed by atoms with Gasteiger partial charge in [0.2, 0.25) is 0 Å². The predicted molar refractivity (Wildman–Crippen MR) is 74.7 cm³/mol. The van der Waals surface area contributed by atoms with Gasteiger partial charge in [0.15, 0.2) is 0 Å². The Morgan fingerprint density at radius 1 is 1.42 bits per heavy atom. The summed E-state index contributed by atoms with van der Waals surface area (Å²) in [5.41, 5.74) is 1.52. The predicted octanol–water partition coefficient (Wildman–Crippen LogP) is 3.22. The van der Waals surface area contributed by atoms with Crippen LogP contribution in [0.15, 0.2) is 30.7 Å². The fourth-order valence-corrected chi connectivity index (χ4v) is 2.03. The highest BCUT2D eigenvalue weighted by Gasteiger charge is 2.05. The molecule has 2 aromatic rings. The molecular weight excluding hydrogens is 265 g/mol. The summed E-state index contributed by atoms with van der Waals surface area (Å²) in [6, 6.07) is 4.58. The first-order valence-corrected chi connectivity index (χ1v) is 6.72. The third-order valence-electron chi connectivity index (χ3n) is 2.78. The topological polar surface area (TPSA) is 29.9 Å². The van der Waals surface area contributed by atoms with Gasteiger partial charge in [-0.1, -0.05) is 18.5 Å². The van der Waals surface area contributed by atoms with Crippen molar-refractivity contribution >= 4 is 11.6 Å². The second-order valence-corrected chi connectivity index (χ2v) is 4.89. The Labute approximate surface area is 117 Å². The maximum atomic E-state index is 13.6. The zero-order chi connectivity index (χ0) is 13.7. The first-order valence-electron chi connectivity index (χ1n) is 6.34. The van der Waals surface area contributed by atoms with Crippen molar-refractivity contribution in [3.63, 3.8) is 0 Å². The molecule has 3 nitrogen and oxygen atoms in total. The van der Waals surface area contributed by atoms with E-state index in [0.717, 1.165) is 25.2 Å². The lowest BCUT2D eigenvalue weighted by molar-refractivity contribution is 0.599. The smallest absolute Gasteiger partial charge is 0.128 e. The van der Waals surface area contributed by atoms with Gasteiger partial charge in [-0.15, -0.1) is 0 Å². The number of rotatable bonds is 6. The largest absolute Gasteiger partial charge is 0.333 e. The van der Waals surface area contributed by atoms with Crippen LogP contribution in [0.1, 0.15) is 24.6 Å². The van der Waals surface area contributed by atoms with Gasteiger partial charge in [-0.05, 0) is 31.2 Å². The molecule has 19 heavy (non-hydrogen) atoms. The number of hydrogen-bond donors (Lipinski definition) is 1. The number of benzene rings is 1. The number of halogens is 2. The highest BCUT2D eigenvalue weighted by molar-refractivity contribution is 6.30. The lowest BCUT2D eigenvalue weighted by atomic mass is 10.2. The molecule has 1 aromatic heterocycles. The number of imidazole rings is 1. The van der Waals surface area contributed by atoms with Crippen LogP contribution in [0.3, 0.4) is 0 Å². The maximum Gasteiger partial charge on any atom is 0.128 e. The van der Waals surface area contributed by atoms with Gasteiger partial charge in [0.1, 0.15) is 5.82 Å². The lowest BCUT2D eigenvalue weighted by Gasteiger charge is -2.04. The summed E-state index contributed by atoms with van der Waals surface area (Å²) in [5, 5.41) is 3.82. The van der Waals surface area contributed by atoms with E-state index in [4.69, 9.17) is 11.6 Å². The quantitative estimate of drug-likeness (QED) is 0.824. The molecule has 0 bridgehead atoms. The minimum atomic E-state index is -0.247. The van der Waals surface area contributed by atoms with E-state index in [0.29, 0.717) is 17.1 Å². The Hall–Kier alpha value is -1.39. The number of aromatic nitrogens is 2. The van der Waals surface area contributed by atoms with Gasteiger partial charge < -0.3 is 9.88 Å². The van der Waals surface area contributed by atoms with Crippen LogP contribution in [-0.2, 0) is 13.1 Å². The number of nitrogens with one attached hydrogen (secondary N) is 1. The molecule has 102 valence electrons. The summed E-state index contributed by atoms with van der Waals surface area (Å²) in [5.74, 6) is -0.247. The molecule has 1 heterocycles. The van der Waals surface area contributed by atoms with Crippen LogP contribution < -0.4 is 5.32 Å². The van der Waals surface area contributed by atoms with Crippen LogP contribution >= 0.6 is 11.6 Å². The molecule has 0 spiro atoms. The van der Waals surface area contributed by atoms with Crippen molar-refractivity contribution in [1.29, 1.82) is 0 Å². The first-order chi connectivity index (χ1) is 9.19. The molecule has 0 aliphatic carbocycles. The van der Waals surface area contributed by atoms with Crippen LogP contribution in [-0.4, -0.2) is 16.1 Å². The molecule has 2 rings (SSSR count). The Balaban J connectivity index is 2.01. The van der Waals surface area contributed by atoms with Gasteiger partial charge in [-0.25, -0.2) is 9.37 Å². The van der Waals surface area contributed by atoms with Gasteiger partial charge in [0.25, 0.3) is 0 Å². The normalized spacial score (nSPS) is 10.9. The van der Waals surface area contributed by atoms with Gasteiger partial charge in [0, 0.05) is 23.3 Å². The minimum Gasteiger partial charge on any atom is -0.333 e. The maximum absolute atomic E-state index is 13.6. The molecule has 0 fully saturated rings. The van der Waals surface area contributed by atoms with Crippen LogP contribution in [0.4, 0.5) is 4.39 Å². The second kappa shape index (κ2) is 6.68. The molecule has 0 saturated heterocycles. The highest BCUT2D eigenvalue weighted by Crippen LogP contribution is 2.16. The number of hydrogen-bond acceptors (Lipinski definition) is 2. The molecule has 0 aliphatic heterocycles. The SMILES string of the molecule is CCCNCc1cn(Cc2cc(Cl)ccc2F)cn1. The molecule has 1 N–H and O–H groups in total. The summed E-state index contributed by atoms with van der Waals surface area (Å²) in [6.45, 7) is 4.26. The van der Waals surface area contributed by atoms with Crippen LogP contribution in [0.2, 0.25) is 5.02 Å². The highest BCUT2D eigenvalue weighted by atomic mass is 35.5. The van der Waals surface area contributed by atoms with Crippen molar-refractivity contribution < 1.29 is 4.39 Å². The van der Waals surface area contributed by atoms with E-state index in [9.17, 15) is 4.39 Å². The zero-order valence-electron chi connectivity index (χ0n) is 10.9. The monoisotopic (exact) mass is 281 g/mol. The average Bonchev–Trinajstić information content (AvgIpc) is 2.82. The molecule has 1 aromatic carbocycles. The van der Waals surface area contributed by atoms with E-state index >= 15 is 0 Å². The second-order valence-electron chi connectivity index (χ2n) is 4.45. The van der Waals surface area contributed by atoms with E-state index < -0.39 is 0 Å². The van der Waals surface area contributed by atoms with Crippen molar-refractivity contribution in [3.8, 4) is 0 Å². The molecular formula is C14H17ClFN3. The third-order valence-corrected chi connectivity index (χ3v) is 3.02. The number of nitrogens with zero attached hydrogens (tertiary/aromatic N) is 2. The van der Waals surface area contributed by atoms with Crippen molar-refractivity contribution in [2.24, 2.45) is 0 Å². The minimum absolute atomic E-state index is 0.247. The fourth-order valence-electron chi connectivity index (χ4n) is 1.84. The molecule has 0 aliphatic rings. The van der Waals surface area contributed by atoms with Crippen LogP contribution in [0, 0.1) is 5.82 Å². The van der Waals surface area contributed by atoms with Crippen molar-refractivity contribution in [2.75, 3.05) is 6.54 Å². The third kappa shape index (κ3) is 4.04. The van der Waals surface area contributed by atoms with E-state index in [-0.39, 0.29) is 5.82 Å². The molecule has 0 saturated carbocycles. The summed E-state index contributed by atoms with van der Waals surface area (Å²) in [7, 11) is 0. The molecule has 0 amide bonds. The van der Waals surface area contributed by atoms with Crippen LogP contribution in [0.25, 0.3) is 0 Å². The van der Waals surface area contributed by atoms with E-state index in [1.165, 1.54) is 6.07 Å². The summed E-state index contributed by atoms with van der Waals surface area (Å²) in [4.78, 5) is 4.28. The summed E-state index contributed by atoms with van der Waals surface area (Å²) >= 11 is 5.87. The Morgan fingerprint density at radius 3 is 3.05 bits per heavy atom. The van der Waals surface area contributed by atoms with Crippen molar-refractivity contribution in [1.82, 2.24) is 14.9 Å². The van der Waals surface area contributed by atoms with E-state index in [2.05, 4.69) is 17.2 Å². The summed E-state index contributed by atoms with van der Waals surface area (Å²) < 4.78 is 15.5. The summed E-state index contributed by atoms with van der Waals surface area (Å²) in [6.07, 6.45) is 4.72. The molecule has 0 atom stereocenters. The van der Waals surface area contributed by atoms with Gasteiger partial charge in [-0.3, -0.25) is 0 Å². The van der Waals surface area contributed by atoms with E-state index in [1.54, 1.807) is 18.5 Å². The van der Waals surface area contributed by atoms with E-state index in [1.807, 2.05) is 10.8 Å². The first kappa shape index (κ1) is 14.0. The van der Waals surface area contributed by atoms with Crippen LogP contribution in [0.5, 0.6) is 0 Å². The van der Waals surface area contributed by atoms with Gasteiger partial charge in [0.05, 0.1) is 18.6 Å². The lowest BCUT2D eigenvalue weighted by Crippen LogP contribution is -2.13.